The van der Waals surface area contributed by atoms with Crippen LogP contribution >= 0.6 is 0 Å². The molecular formula is C17H25N3. The average molecular weight is 271 g/mol. The Hall–Kier alpha value is -1.40. The van der Waals surface area contributed by atoms with Crippen LogP contribution in [0.1, 0.15) is 44.6 Å². The van der Waals surface area contributed by atoms with Gasteiger partial charge in [0.15, 0.2) is 0 Å². The molecule has 1 aromatic heterocycles. The van der Waals surface area contributed by atoms with E-state index in [1.54, 1.807) is 6.20 Å². The second-order valence-corrected chi connectivity index (χ2v) is 6.05. The van der Waals surface area contributed by atoms with Crippen molar-refractivity contribution in [2.75, 3.05) is 7.05 Å². The summed E-state index contributed by atoms with van der Waals surface area (Å²) in [7, 11) is 2.15. The molecule has 1 aromatic rings. The summed E-state index contributed by atoms with van der Waals surface area (Å²) in [6, 6.07) is 7.01. The Bertz CT molecular complexity index is 437. The van der Waals surface area contributed by atoms with E-state index in [0.29, 0.717) is 6.04 Å². The molecule has 3 unspecified atom stereocenters. The molecule has 3 atom stereocenters. The fourth-order valence-electron chi connectivity index (χ4n) is 3.44. The van der Waals surface area contributed by atoms with Gasteiger partial charge >= 0.3 is 0 Å². The maximum absolute atomic E-state index is 9.40. The van der Waals surface area contributed by atoms with Crippen LogP contribution in [0.2, 0.25) is 0 Å². The average Bonchev–Trinajstić information content (AvgIpc) is 2.48. The minimum atomic E-state index is 0.185. The van der Waals surface area contributed by atoms with E-state index < -0.39 is 0 Å². The summed E-state index contributed by atoms with van der Waals surface area (Å²) in [5.74, 6) is 0.982. The highest BCUT2D eigenvalue weighted by molar-refractivity contribution is 5.09. The van der Waals surface area contributed by atoms with Crippen LogP contribution in [0.5, 0.6) is 0 Å². The summed E-state index contributed by atoms with van der Waals surface area (Å²) in [4.78, 5) is 6.53. The van der Waals surface area contributed by atoms with E-state index in [4.69, 9.17) is 0 Å². The summed E-state index contributed by atoms with van der Waals surface area (Å²) in [6.07, 6.45) is 9.73. The summed E-state index contributed by atoms with van der Waals surface area (Å²) in [5, 5.41) is 9.40. The van der Waals surface area contributed by atoms with Gasteiger partial charge in [-0.3, -0.25) is 9.88 Å². The van der Waals surface area contributed by atoms with Crippen molar-refractivity contribution >= 4 is 0 Å². The molecule has 0 aromatic carbocycles. The molecule has 0 bridgehead atoms. The lowest BCUT2D eigenvalue weighted by molar-refractivity contribution is 0.116. The Balaban J connectivity index is 2.01. The zero-order valence-electron chi connectivity index (χ0n) is 12.6. The third kappa shape index (κ3) is 3.80. The monoisotopic (exact) mass is 271 g/mol. The minimum absolute atomic E-state index is 0.185. The largest absolute Gasteiger partial charge is 0.298 e. The van der Waals surface area contributed by atoms with Crippen LogP contribution < -0.4 is 0 Å². The van der Waals surface area contributed by atoms with Crippen molar-refractivity contribution in [1.82, 2.24) is 9.88 Å². The number of hydrogen-bond acceptors (Lipinski definition) is 3. The molecule has 0 amide bonds. The van der Waals surface area contributed by atoms with Crippen LogP contribution in [0.4, 0.5) is 0 Å². The number of hydrogen-bond donors (Lipinski definition) is 0. The predicted octanol–water partition coefficient (Wildman–Crippen LogP) is 3.62. The van der Waals surface area contributed by atoms with E-state index in [-0.39, 0.29) is 5.92 Å². The first-order valence-electron chi connectivity index (χ1n) is 7.73. The van der Waals surface area contributed by atoms with Gasteiger partial charge in [0.1, 0.15) is 0 Å². The van der Waals surface area contributed by atoms with E-state index in [9.17, 15) is 5.26 Å². The van der Waals surface area contributed by atoms with E-state index in [0.717, 1.165) is 18.9 Å². The van der Waals surface area contributed by atoms with Gasteiger partial charge in [0, 0.05) is 25.0 Å². The third-order valence-corrected chi connectivity index (χ3v) is 4.51. The number of pyridine rings is 1. The Morgan fingerprint density at radius 3 is 2.95 bits per heavy atom. The molecule has 0 spiro atoms. The second-order valence-electron chi connectivity index (χ2n) is 6.05. The van der Waals surface area contributed by atoms with Crippen molar-refractivity contribution in [1.29, 1.82) is 5.26 Å². The number of nitriles is 1. The molecule has 1 fully saturated rings. The maximum Gasteiger partial charge on any atom is 0.0672 e. The summed E-state index contributed by atoms with van der Waals surface area (Å²) < 4.78 is 0. The van der Waals surface area contributed by atoms with E-state index >= 15 is 0 Å². The lowest BCUT2D eigenvalue weighted by Gasteiger charge is -2.38. The summed E-state index contributed by atoms with van der Waals surface area (Å²) in [5.41, 5.74) is 1.23. The molecule has 20 heavy (non-hydrogen) atoms. The van der Waals surface area contributed by atoms with E-state index in [1.807, 2.05) is 12.3 Å². The maximum atomic E-state index is 9.40. The van der Waals surface area contributed by atoms with Gasteiger partial charge in [-0.25, -0.2) is 0 Å². The molecule has 0 N–H and O–H groups in total. The molecule has 108 valence electrons. The van der Waals surface area contributed by atoms with Crippen molar-refractivity contribution < 1.29 is 0 Å². The van der Waals surface area contributed by atoms with Crippen molar-refractivity contribution in [3.05, 3.63) is 30.1 Å². The highest BCUT2D eigenvalue weighted by atomic mass is 15.1. The van der Waals surface area contributed by atoms with E-state index in [2.05, 4.69) is 36.0 Å². The molecule has 0 aliphatic heterocycles. The first kappa shape index (κ1) is 15.0. The Kier molecular flexibility index (Phi) is 5.55. The molecule has 1 aliphatic rings. The Morgan fingerprint density at radius 1 is 1.45 bits per heavy atom. The molecular weight excluding hydrogens is 246 g/mol. The lowest BCUT2D eigenvalue weighted by Crippen LogP contribution is -2.41. The van der Waals surface area contributed by atoms with Crippen molar-refractivity contribution in [2.24, 2.45) is 11.8 Å². The summed E-state index contributed by atoms with van der Waals surface area (Å²) >= 11 is 0. The number of aromatic nitrogens is 1. The van der Waals surface area contributed by atoms with Crippen LogP contribution in [0.3, 0.4) is 0 Å². The molecule has 1 heterocycles. The summed E-state index contributed by atoms with van der Waals surface area (Å²) in [6.45, 7) is 3.14. The van der Waals surface area contributed by atoms with Crippen LogP contribution in [0.15, 0.2) is 24.5 Å². The molecule has 3 heteroatoms. The van der Waals surface area contributed by atoms with Gasteiger partial charge < -0.3 is 0 Å². The zero-order chi connectivity index (χ0) is 14.4. The smallest absolute Gasteiger partial charge is 0.0672 e. The lowest BCUT2D eigenvalue weighted by atomic mass is 9.76. The van der Waals surface area contributed by atoms with Gasteiger partial charge in [-0.2, -0.15) is 5.26 Å². The van der Waals surface area contributed by atoms with Gasteiger partial charge in [-0.05, 0) is 43.9 Å². The number of rotatable bonds is 5. The Morgan fingerprint density at radius 2 is 2.30 bits per heavy atom. The molecule has 0 radical (unpaired) electrons. The first-order chi connectivity index (χ1) is 9.74. The van der Waals surface area contributed by atoms with Crippen LogP contribution in [-0.4, -0.2) is 23.0 Å². The van der Waals surface area contributed by atoms with Crippen LogP contribution in [0, 0.1) is 23.2 Å². The van der Waals surface area contributed by atoms with Gasteiger partial charge in [-0.1, -0.05) is 25.8 Å². The fraction of sp³-hybridized carbons (Fsp3) is 0.647. The molecule has 0 saturated heterocycles. The van der Waals surface area contributed by atoms with Crippen molar-refractivity contribution in [3.63, 3.8) is 0 Å². The van der Waals surface area contributed by atoms with Gasteiger partial charge in [0.05, 0.1) is 12.0 Å². The quantitative estimate of drug-likeness (QED) is 0.821. The minimum Gasteiger partial charge on any atom is -0.298 e. The molecule has 2 rings (SSSR count). The highest BCUT2D eigenvalue weighted by Gasteiger charge is 2.32. The third-order valence-electron chi connectivity index (χ3n) is 4.51. The standard InChI is InChI=1S/C17H25N3/c1-3-5-14-7-8-16(11-18)17(10-14)20(2)13-15-6-4-9-19-12-15/h4,6,9,12,14,16-17H,3,5,7-8,10,13H2,1-2H3. The molecule has 3 nitrogen and oxygen atoms in total. The second kappa shape index (κ2) is 7.40. The first-order valence-corrected chi connectivity index (χ1v) is 7.73. The van der Waals surface area contributed by atoms with Gasteiger partial charge in [0.25, 0.3) is 0 Å². The molecule has 1 aliphatic carbocycles. The van der Waals surface area contributed by atoms with Crippen LogP contribution in [0.25, 0.3) is 0 Å². The highest BCUT2D eigenvalue weighted by Crippen LogP contribution is 2.34. The predicted molar refractivity (Wildman–Crippen MR) is 80.8 cm³/mol. The topological polar surface area (TPSA) is 39.9 Å². The van der Waals surface area contributed by atoms with Gasteiger partial charge in [-0.15, -0.1) is 0 Å². The van der Waals surface area contributed by atoms with Crippen LogP contribution in [-0.2, 0) is 6.54 Å². The number of nitrogens with zero attached hydrogens (tertiary/aromatic N) is 3. The fourth-order valence-corrected chi connectivity index (χ4v) is 3.44. The Labute approximate surface area is 122 Å². The normalized spacial score (nSPS) is 26.4. The van der Waals surface area contributed by atoms with E-state index in [1.165, 1.54) is 31.2 Å². The van der Waals surface area contributed by atoms with Gasteiger partial charge in [0.2, 0.25) is 0 Å². The van der Waals surface area contributed by atoms with Crippen molar-refractivity contribution in [3.8, 4) is 6.07 Å². The SMILES string of the molecule is CCCC1CCC(C#N)C(N(C)Cc2cccnc2)C1. The zero-order valence-corrected chi connectivity index (χ0v) is 12.6. The molecule has 1 saturated carbocycles. The van der Waals surface area contributed by atoms with Crippen molar-refractivity contribution in [2.45, 2.75) is 51.6 Å².